The van der Waals surface area contributed by atoms with Crippen LogP contribution in [0.2, 0.25) is 0 Å². The van der Waals surface area contributed by atoms with Crippen molar-refractivity contribution in [1.82, 2.24) is 10.2 Å². The van der Waals surface area contributed by atoms with Crippen LogP contribution in [0.1, 0.15) is 34.1 Å². The molecule has 4 nitrogen and oxygen atoms in total. The van der Waals surface area contributed by atoms with Crippen LogP contribution in [-0.2, 0) is 0 Å². The SMILES string of the molecule is CC(C)N=CC(=C(N)CN1CCCNCC1)C(C)C. The van der Waals surface area contributed by atoms with Gasteiger partial charge in [-0.15, -0.1) is 0 Å². The maximum atomic E-state index is 6.31. The Morgan fingerprint density at radius 3 is 2.63 bits per heavy atom. The molecule has 0 aromatic heterocycles. The number of nitrogens with zero attached hydrogens (tertiary/aromatic N) is 2. The van der Waals surface area contributed by atoms with Crippen molar-refractivity contribution in [3.8, 4) is 0 Å². The summed E-state index contributed by atoms with van der Waals surface area (Å²) in [6.07, 6.45) is 3.17. The van der Waals surface area contributed by atoms with Crippen LogP contribution in [0.5, 0.6) is 0 Å². The lowest BCUT2D eigenvalue weighted by Gasteiger charge is -2.21. The molecule has 0 saturated carbocycles. The van der Waals surface area contributed by atoms with Crippen molar-refractivity contribution in [3.63, 3.8) is 0 Å². The van der Waals surface area contributed by atoms with E-state index in [-0.39, 0.29) is 0 Å². The standard InChI is InChI=1S/C15H30N4/c1-12(2)14(10-18-13(3)4)15(16)11-19-8-5-6-17-7-9-19/h10,12-13,17H,5-9,11,16H2,1-4H3. The van der Waals surface area contributed by atoms with Crippen LogP contribution in [0, 0.1) is 5.92 Å². The molecule has 110 valence electrons. The third-order valence-corrected chi connectivity index (χ3v) is 3.33. The van der Waals surface area contributed by atoms with Gasteiger partial charge in [-0.05, 0) is 44.8 Å². The van der Waals surface area contributed by atoms with Gasteiger partial charge in [-0.1, -0.05) is 13.8 Å². The van der Waals surface area contributed by atoms with E-state index in [1.54, 1.807) is 0 Å². The summed E-state index contributed by atoms with van der Waals surface area (Å²) in [7, 11) is 0. The molecule has 0 amide bonds. The second-order valence-corrected chi connectivity index (χ2v) is 5.89. The van der Waals surface area contributed by atoms with Crippen molar-refractivity contribution in [2.75, 3.05) is 32.7 Å². The van der Waals surface area contributed by atoms with Crippen LogP contribution in [0.3, 0.4) is 0 Å². The highest BCUT2D eigenvalue weighted by molar-refractivity contribution is 5.80. The summed E-state index contributed by atoms with van der Waals surface area (Å²) in [5.41, 5.74) is 8.47. The minimum atomic E-state index is 0.323. The maximum Gasteiger partial charge on any atom is 0.0443 e. The first kappa shape index (κ1) is 16.2. The summed E-state index contributed by atoms with van der Waals surface area (Å²) >= 11 is 0. The molecule has 0 unspecified atom stereocenters. The minimum absolute atomic E-state index is 0.323. The molecule has 1 aliphatic heterocycles. The summed E-state index contributed by atoms with van der Waals surface area (Å²) in [5.74, 6) is 0.424. The van der Waals surface area contributed by atoms with E-state index in [2.05, 4.69) is 42.9 Å². The number of nitrogens with one attached hydrogen (secondary N) is 1. The summed E-state index contributed by atoms with van der Waals surface area (Å²) in [6, 6.07) is 0.323. The third kappa shape index (κ3) is 6.21. The molecule has 0 atom stereocenters. The quantitative estimate of drug-likeness (QED) is 0.744. The van der Waals surface area contributed by atoms with Crippen molar-refractivity contribution in [2.45, 2.75) is 40.2 Å². The van der Waals surface area contributed by atoms with E-state index >= 15 is 0 Å². The molecular weight excluding hydrogens is 236 g/mol. The van der Waals surface area contributed by atoms with Gasteiger partial charge in [0.1, 0.15) is 0 Å². The highest BCUT2D eigenvalue weighted by Gasteiger charge is 2.12. The average Bonchev–Trinajstić information content (AvgIpc) is 2.56. The summed E-state index contributed by atoms with van der Waals surface area (Å²) in [6.45, 7) is 13.8. The van der Waals surface area contributed by atoms with E-state index in [0.717, 1.165) is 38.4 Å². The molecule has 0 aromatic carbocycles. The zero-order valence-corrected chi connectivity index (χ0v) is 12.9. The normalized spacial score (nSPS) is 20.1. The van der Waals surface area contributed by atoms with Gasteiger partial charge in [0, 0.05) is 37.6 Å². The Kier molecular flexibility index (Phi) is 7.10. The van der Waals surface area contributed by atoms with Crippen molar-refractivity contribution < 1.29 is 0 Å². The van der Waals surface area contributed by atoms with Gasteiger partial charge in [-0.2, -0.15) is 0 Å². The van der Waals surface area contributed by atoms with Crippen molar-refractivity contribution in [2.24, 2.45) is 16.6 Å². The highest BCUT2D eigenvalue weighted by atomic mass is 15.2. The van der Waals surface area contributed by atoms with Gasteiger partial charge in [-0.3, -0.25) is 9.89 Å². The van der Waals surface area contributed by atoms with E-state index < -0.39 is 0 Å². The molecule has 0 radical (unpaired) electrons. The fourth-order valence-corrected chi connectivity index (χ4v) is 2.22. The average molecular weight is 266 g/mol. The van der Waals surface area contributed by atoms with Gasteiger partial charge in [0.2, 0.25) is 0 Å². The van der Waals surface area contributed by atoms with Crippen LogP contribution in [0.25, 0.3) is 0 Å². The Balaban J connectivity index is 2.71. The number of nitrogens with two attached hydrogens (primary N) is 1. The number of allylic oxidation sites excluding steroid dienone is 1. The van der Waals surface area contributed by atoms with Crippen molar-refractivity contribution in [1.29, 1.82) is 0 Å². The third-order valence-electron chi connectivity index (χ3n) is 3.33. The Morgan fingerprint density at radius 2 is 2.00 bits per heavy atom. The fourth-order valence-electron chi connectivity index (χ4n) is 2.22. The van der Waals surface area contributed by atoms with Crippen molar-refractivity contribution in [3.05, 3.63) is 11.3 Å². The highest BCUT2D eigenvalue weighted by Crippen LogP contribution is 2.12. The monoisotopic (exact) mass is 266 g/mol. The largest absolute Gasteiger partial charge is 0.401 e. The molecule has 1 heterocycles. The van der Waals surface area contributed by atoms with Crippen LogP contribution in [-0.4, -0.2) is 49.9 Å². The minimum Gasteiger partial charge on any atom is -0.401 e. The molecule has 4 heteroatoms. The lowest BCUT2D eigenvalue weighted by molar-refractivity contribution is 0.315. The second kappa shape index (κ2) is 8.33. The molecule has 0 spiro atoms. The second-order valence-electron chi connectivity index (χ2n) is 5.89. The predicted molar refractivity (Wildman–Crippen MR) is 83.6 cm³/mol. The zero-order chi connectivity index (χ0) is 14.3. The molecule has 3 N–H and O–H groups in total. The van der Waals surface area contributed by atoms with Gasteiger partial charge in [0.05, 0.1) is 0 Å². The van der Waals surface area contributed by atoms with E-state index in [4.69, 9.17) is 5.73 Å². The first-order chi connectivity index (χ1) is 9.00. The topological polar surface area (TPSA) is 53.6 Å². The zero-order valence-electron chi connectivity index (χ0n) is 12.9. The maximum absolute atomic E-state index is 6.31. The van der Waals surface area contributed by atoms with Gasteiger partial charge in [-0.25, -0.2) is 0 Å². The molecule has 0 aliphatic carbocycles. The first-order valence-electron chi connectivity index (χ1n) is 7.45. The molecular formula is C15H30N4. The molecule has 1 fully saturated rings. The molecule has 1 aliphatic rings. The van der Waals surface area contributed by atoms with Crippen LogP contribution >= 0.6 is 0 Å². The number of hydrogen-bond acceptors (Lipinski definition) is 4. The number of hydrogen-bond donors (Lipinski definition) is 2. The molecule has 0 aromatic rings. The van der Waals surface area contributed by atoms with Crippen LogP contribution in [0.4, 0.5) is 0 Å². The van der Waals surface area contributed by atoms with E-state index in [9.17, 15) is 0 Å². The number of rotatable bonds is 5. The van der Waals surface area contributed by atoms with Crippen molar-refractivity contribution >= 4 is 6.21 Å². The predicted octanol–water partition coefficient (Wildman–Crippen LogP) is 1.63. The van der Waals surface area contributed by atoms with Gasteiger partial charge in [0.25, 0.3) is 0 Å². The molecule has 19 heavy (non-hydrogen) atoms. The van der Waals surface area contributed by atoms with Crippen LogP contribution < -0.4 is 11.1 Å². The Bertz CT molecular complexity index is 310. The first-order valence-corrected chi connectivity index (χ1v) is 7.45. The Hall–Kier alpha value is -0.870. The van der Waals surface area contributed by atoms with Gasteiger partial charge >= 0.3 is 0 Å². The van der Waals surface area contributed by atoms with Gasteiger partial charge in [0.15, 0.2) is 0 Å². The summed E-state index contributed by atoms with van der Waals surface area (Å²) in [4.78, 5) is 6.92. The molecule has 1 rings (SSSR count). The lowest BCUT2D eigenvalue weighted by atomic mass is 10.0. The lowest BCUT2D eigenvalue weighted by Crippen LogP contribution is -2.32. The Labute approximate surface area is 118 Å². The Morgan fingerprint density at radius 1 is 1.26 bits per heavy atom. The molecule has 0 bridgehead atoms. The smallest absolute Gasteiger partial charge is 0.0443 e. The van der Waals surface area contributed by atoms with E-state index in [1.807, 2.05) is 6.21 Å². The van der Waals surface area contributed by atoms with E-state index in [0.29, 0.717) is 12.0 Å². The summed E-state index contributed by atoms with van der Waals surface area (Å²) in [5, 5.41) is 3.42. The summed E-state index contributed by atoms with van der Waals surface area (Å²) < 4.78 is 0. The molecule has 1 saturated heterocycles. The fraction of sp³-hybridized carbons (Fsp3) is 0.800. The number of aliphatic imine (C=N–C) groups is 1. The van der Waals surface area contributed by atoms with E-state index in [1.165, 1.54) is 12.0 Å². The van der Waals surface area contributed by atoms with Crippen LogP contribution in [0.15, 0.2) is 16.3 Å². The van der Waals surface area contributed by atoms with Gasteiger partial charge < -0.3 is 11.1 Å².